The van der Waals surface area contributed by atoms with Gasteiger partial charge in [-0.3, -0.25) is 9.80 Å². The van der Waals surface area contributed by atoms with Crippen LogP contribution in [0, 0.1) is 0 Å². The van der Waals surface area contributed by atoms with Crippen molar-refractivity contribution < 1.29 is 4.79 Å². The Morgan fingerprint density at radius 2 is 1.76 bits per heavy atom. The lowest BCUT2D eigenvalue weighted by atomic mass is 10.0. The number of unbranched alkanes of at least 4 members (excludes halogenated alkanes) is 2. The lowest BCUT2D eigenvalue weighted by molar-refractivity contribution is -0.110. The van der Waals surface area contributed by atoms with Crippen LogP contribution in [0.15, 0.2) is 65.8 Å². The molecule has 4 nitrogen and oxygen atoms in total. The average Bonchev–Trinajstić information content (AvgIpc) is 3.08. The zero-order valence-electron chi connectivity index (χ0n) is 14.7. The Bertz CT molecular complexity index is 712. The van der Waals surface area contributed by atoms with Gasteiger partial charge in [0.2, 0.25) is 0 Å². The fourth-order valence-electron chi connectivity index (χ4n) is 3.11. The molecule has 0 fully saturated rings. The van der Waals surface area contributed by atoms with Gasteiger partial charge < -0.3 is 5.32 Å². The number of carbonyl (C=O) groups is 1. The summed E-state index contributed by atoms with van der Waals surface area (Å²) in [6, 6.07) is 20.0. The molecule has 4 heteroatoms. The second-order valence-electron chi connectivity index (χ2n) is 6.37. The van der Waals surface area contributed by atoms with Crippen molar-refractivity contribution in [2.24, 2.45) is 5.10 Å². The maximum atomic E-state index is 12.6. The molecule has 2 aromatic carbocycles. The van der Waals surface area contributed by atoms with Crippen LogP contribution in [-0.4, -0.2) is 23.2 Å². The average molecular weight is 335 g/mol. The number of nitrogens with zero attached hydrogens (tertiary/aromatic N) is 2. The van der Waals surface area contributed by atoms with Gasteiger partial charge in [-0.15, -0.1) is 0 Å². The predicted octanol–water partition coefficient (Wildman–Crippen LogP) is 4.62. The van der Waals surface area contributed by atoms with Crippen molar-refractivity contribution in [2.45, 2.75) is 38.6 Å². The number of rotatable bonds is 7. The minimum atomic E-state index is -0.106. The normalized spacial score (nSPS) is 16.6. The zero-order chi connectivity index (χ0) is 17.5. The van der Waals surface area contributed by atoms with Gasteiger partial charge in [-0.05, 0) is 24.1 Å². The summed E-state index contributed by atoms with van der Waals surface area (Å²) < 4.78 is 0. The molecule has 1 unspecified atom stereocenters. The Balaban J connectivity index is 1.73. The first-order valence-electron chi connectivity index (χ1n) is 9.03. The largest absolute Gasteiger partial charge is 0.321 e. The van der Waals surface area contributed by atoms with E-state index < -0.39 is 0 Å². The van der Waals surface area contributed by atoms with E-state index in [1.54, 1.807) is 0 Å². The fourth-order valence-corrected chi connectivity index (χ4v) is 3.11. The van der Waals surface area contributed by atoms with E-state index in [4.69, 9.17) is 0 Å². The summed E-state index contributed by atoms with van der Waals surface area (Å²) in [7, 11) is 0. The summed E-state index contributed by atoms with van der Waals surface area (Å²) in [5, 5.41) is 9.69. The van der Waals surface area contributed by atoms with Crippen molar-refractivity contribution >= 4 is 17.3 Å². The first kappa shape index (κ1) is 17.2. The number of benzene rings is 2. The third-order valence-corrected chi connectivity index (χ3v) is 4.46. The standard InChI is InChI=1S/C21H25N3O/c1-2-3-10-15-24-20(17-11-6-4-7-12-17)16-19(23-24)21(25)22-18-13-8-5-9-14-18/h4-9,11-14,20H,2-3,10,15-16H2,1H3,(H,22,25). The van der Waals surface area contributed by atoms with Gasteiger partial charge in [-0.25, -0.2) is 0 Å². The van der Waals surface area contributed by atoms with Crippen LogP contribution in [0.25, 0.3) is 0 Å². The number of hydrogen-bond acceptors (Lipinski definition) is 3. The van der Waals surface area contributed by atoms with E-state index in [0.717, 1.165) is 18.7 Å². The highest BCUT2D eigenvalue weighted by Gasteiger charge is 2.30. The van der Waals surface area contributed by atoms with Gasteiger partial charge >= 0.3 is 0 Å². The van der Waals surface area contributed by atoms with Crippen molar-refractivity contribution in [3.8, 4) is 0 Å². The molecule has 0 spiro atoms. The van der Waals surface area contributed by atoms with E-state index in [2.05, 4.69) is 34.5 Å². The molecule has 0 radical (unpaired) electrons. The van der Waals surface area contributed by atoms with Crippen LogP contribution in [0.1, 0.15) is 44.2 Å². The molecular weight excluding hydrogens is 310 g/mol. The first-order chi connectivity index (χ1) is 12.3. The lowest BCUT2D eigenvalue weighted by Gasteiger charge is -2.23. The molecule has 1 N–H and O–H groups in total. The highest BCUT2D eigenvalue weighted by atomic mass is 16.2. The van der Waals surface area contributed by atoms with Gasteiger partial charge in [0, 0.05) is 18.7 Å². The molecule has 1 heterocycles. The Morgan fingerprint density at radius 1 is 1.08 bits per heavy atom. The Kier molecular flexibility index (Phi) is 5.83. The molecule has 1 aliphatic rings. The summed E-state index contributed by atoms with van der Waals surface area (Å²) in [6.45, 7) is 3.08. The van der Waals surface area contributed by atoms with Crippen LogP contribution in [0.5, 0.6) is 0 Å². The van der Waals surface area contributed by atoms with Crippen LogP contribution in [-0.2, 0) is 4.79 Å². The van der Waals surface area contributed by atoms with E-state index in [1.165, 1.54) is 18.4 Å². The highest BCUT2D eigenvalue weighted by Crippen LogP contribution is 2.31. The third kappa shape index (κ3) is 4.47. The summed E-state index contributed by atoms with van der Waals surface area (Å²) >= 11 is 0. The molecule has 25 heavy (non-hydrogen) atoms. The van der Waals surface area contributed by atoms with Crippen molar-refractivity contribution in [3.05, 3.63) is 66.2 Å². The van der Waals surface area contributed by atoms with Gasteiger partial charge in [0.1, 0.15) is 5.71 Å². The highest BCUT2D eigenvalue weighted by molar-refractivity contribution is 6.43. The van der Waals surface area contributed by atoms with Crippen molar-refractivity contribution in [1.29, 1.82) is 0 Å². The molecule has 0 aliphatic carbocycles. The summed E-state index contributed by atoms with van der Waals surface area (Å²) in [5.74, 6) is -0.106. The minimum absolute atomic E-state index is 0.106. The van der Waals surface area contributed by atoms with Gasteiger partial charge in [-0.2, -0.15) is 5.10 Å². The summed E-state index contributed by atoms with van der Waals surface area (Å²) in [5.41, 5.74) is 2.62. The predicted molar refractivity (Wildman–Crippen MR) is 103 cm³/mol. The second kappa shape index (κ2) is 8.47. The van der Waals surface area contributed by atoms with Crippen LogP contribution >= 0.6 is 0 Å². The minimum Gasteiger partial charge on any atom is -0.321 e. The van der Waals surface area contributed by atoms with Crippen LogP contribution < -0.4 is 5.32 Å². The quantitative estimate of drug-likeness (QED) is 0.751. The van der Waals surface area contributed by atoms with E-state index in [0.29, 0.717) is 12.1 Å². The van der Waals surface area contributed by atoms with E-state index >= 15 is 0 Å². The van der Waals surface area contributed by atoms with Gasteiger partial charge in [-0.1, -0.05) is 68.3 Å². The zero-order valence-corrected chi connectivity index (χ0v) is 14.7. The topological polar surface area (TPSA) is 44.7 Å². The summed E-state index contributed by atoms with van der Waals surface area (Å²) in [4.78, 5) is 12.6. The Morgan fingerprint density at radius 3 is 2.44 bits per heavy atom. The number of nitrogens with one attached hydrogen (secondary N) is 1. The molecule has 3 rings (SSSR count). The SMILES string of the molecule is CCCCCN1N=C(C(=O)Nc2ccccc2)CC1c1ccccc1. The number of anilines is 1. The van der Waals surface area contributed by atoms with Crippen LogP contribution in [0.4, 0.5) is 5.69 Å². The van der Waals surface area contributed by atoms with Crippen molar-refractivity contribution in [1.82, 2.24) is 5.01 Å². The molecule has 1 aliphatic heterocycles. The monoisotopic (exact) mass is 335 g/mol. The van der Waals surface area contributed by atoms with Gasteiger partial charge in [0.15, 0.2) is 0 Å². The van der Waals surface area contributed by atoms with E-state index in [9.17, 15) is 4.79 Å². The smallest absolute Gasteiger partial charge is 0.271 e. The van der Waals surface area contributed by atoms with Crippen molar-refractivity contribution in [3.63, 3.8) is 0 Å². The molecule has 1 amide bonds. The first-order valence-corrected chi connectivity index (χ1v) is 9.03. The molecule has 2 aromatic rings. The maximum absolute atomic E-state index is 12.6. The number of hydrogen-bond donors (Lipinski definition) is 1. The summed E-state index contributed by atoms with van der Waals surface area (Å²) in [6.07, 6.45) is 4.10. The van der Waals surface area contributed by atoms with Gasteiger partial charge in [0.05, 0.1) is 6.04 Å². The maximum Gasteiger partial charge on any atom is 0.271 e. The number of carbonyl (C=O) groups excluding carboxylic acids is 1. The molecule has 130 valence electrons. The lowest BCUT2D eigenvalue weighted by Crippen LogP contribution is -2.22. The van der Waals surface area contributed by atoms with Crippen LogP contribution in [0.2, 0.25) is 0 Å². The van der Waals surface area contributed by atoms with Crippen LogP contribution in [0.3, 0.4) is 0 Å². The number of hydrazone groups is 1. The van der Waals surface area contributed by atoms with E-state index in [1.807, 2.05) is 48.5 Å². The molecule has 0 aromatic heterocycles. The molecule has 0 bridgehead atoms. The van der Waals surface area contributed by atoms with Crippen molar-refractivity contribution in [2.75, 3.05) is 11.9 Å². The molecule has 0 saturated carbocycles. The third-order valence-electron chi connectivity index (χ3n) is 4.46. The Labute approximate surface area is 149 Å². The Hall–Kier alpha value is -2.62. The number of para-hydroxylation sites is 1. The molecule has 0 saturated heterocycles. The van der Waals surface area contributed by atoms with E-state index in [-0.39, 0.29) is 11.9 Å². The second-order valence-corrected chi connectivity index (χ2v) is 6.37. The van der Waals surface area contributed by atoms with Gasteiger partial charge in [0.25, 0.3) is 5.91 Å². The number of amides is 1. The molecular formula is C21H25N3O. The fraction of sp³-hybridized carbons (Fsp3) is 0.333. The molecule has 1 atom stereocenters.